The fourth-order valence-electron chi connectivity index (χ4n) is 1.60. The molecule has 1 aromatic heterocycles. The molecule has 0 aliphatic heterocycles. The van der Waals surface area contributed by atoms with E-state index in [2.05, 4.69) is 20.7 Å². The van der Waals surface area contributed by atoms with E-state index in [0.29, 0.717) is 5.69 Å². The number of rotatable bonds is 5. The lowest BCUT2D eigenvalue weighted by molar-refractivity contribution is 0.402. The zero-order valence-electron chi connectivity index (χ0n) is 10.6. The second-order valence-corrected chi connectivity index (χ2v) is 8.22. The summed E-state index contributed by atoms with van der Waals surface area (Å²) >= 11 is 4.81. The summed E-state index contributed by atoms with van der Waals surface area (Å²) in [7, 11) is -2.24. The highest BCUT2D eigenvalue weighted by molar-refractivity contribution is 9.11. The first kappa shape index (κ1) is 15.3. The Labute approximate surface area is 129 Å². The fraction of sp³-hybridized carbons (Fsp3) is 0.167. The highest BCUT2D eigenvalue weighted by Gasteiger charge is 2.19. The van der Waals surface area contributed by atoms with Gasteiger partial charge in [0.15, 0.2) is 0 Å². The number of benzene rings is 1. The van der Waals surface area contributed by atoms with Gasteiger partial charge >= 0.3 is 0 Å². The summed E-state index contributed by atoms with van der Waals surface area (Å²) in [5.74, 6) is 0.227. The zero-order chi connectivity index (χ0) is 14.8. The molecule has 0 spiro atoms. The van der Waals surface area contributed by atoms with Gasteiger partial charge in [-0.3, -0.25) is 0 Å². The van der Waals surface area contributed by atoms with Crippen molar-refractivity contribution in [3.05, 3.63) is 39.0 Å². The van der Waals surface area contributed by atoms with Crippen molar-refractivity contribution in [1.29, 1.82) is 0 Å². The lowest BCUT2D eigenvalue weighted by Gasteiger charge is -2.10. The predicted octanol–water partition coefficient (Wildman–Crippen LogP) is 2.58. The summed E-state index contributed by atoms with van der Waals surface area (Å²) in [5.41, 5.74) is 6.06. The smallest absolute Gasteiger partial charge is 0.244 e. The monoisotopic (exact) mass is 376 g/mol. The molecule has 3 N–H and O–H groups in total. The number of anilines is 1. The molecule has 0 radical (unpaired) electrons. The van der Waals surface area contributed by atoms with E-state index in [9.17, 15) is 8.42 Å². The normalized spacial score (nSPS) is 11.5. The summed E-state index contributed by atoms with van der Waals surface area (Å²) in [5, 5.41) is 0. The Hall–Kier alpha value is -1.09. The van der Waals surface area contributed by atoms with E-state index in [1.54, 1.807) is 0 Å². The van der Waals surface area contributed by atoms with Gasteiger partial charge in [0.2, 0.25) is 10.0 Å². The molecule has 0 unspecified atom stereocenters. The Morgan fingerprint density at radius 2 is 2.10 bits per heavy atom. The highest BCUT2D eigenvalue weighted by atomic mass is 79.9. The van der Waals surface area contributed by atoms with Crippen molar-refractivity contribution < 1.29 is 13.2 Å². The van der Waals surface area contributed by atoms with Crippen molar-refractivity contribution in [1.82, 2.24) is 4.72 Å². The largest absolute Gasteiger partial charge is 0.495 e. The summed E-state index contributed by atoms with van der Waals surface area (Å²) < 4.78 is 33.1. The van der Waals surface area contributed by atoms with Crippen LogP contribution in [0.25, 0.3) is 0 Å². The van der Waals surface area contributed by atoms with Crippen LogP contribution in [0.1, 0.15) is 4.88 Å². The third-order valence-electron chi connectivity index (χ3n) is 2.54. The van der Waals surface area contributed by atoms with Crippen LogP contribution < -0.4 is 15.2 Å². The van der Waals surface area contributed by atoms with Gasteiger partial charge in [-0.15, -0.1) is 11.3 Å². The quantitative estimate of drug-likeness (QED) is 0.785. The van der Waals surface area contributed by atoms with Crippen molar-refractivity contribution in [2.24, 2.45) is 0 Å². The van der Waals surface area contributed by atoms with Crippen molar-refractivity contribution >= 4 is 43.0 Å². The van der Waals surface area contributed by atoms with Crippen LogP contribution in [0.2, 0.25) is 0 Å². The number of nitrogen functional groups attached to an aromatic ring is 1. The molecule has 5 nitrogen and oxygen atoms in total. The number of hydrogen-bond acceptors (Lipinski definition) is 5. The van der Waals surface area contributed by atoms with E-state index in [4.69, 9.17) is 10.5 Å². The van der Waals surface area contributed by atoms with Crippen molar-refractivity contribution in [3.8, 4) is 5.75 Å². The molecular formula is C12H13BrN2O3S2. The topological polar surface area (TPSA) is 81.4 Å². The van der Waals surface area contributed by atoms with E-state index in [0.717, 1.165) is 8.66 Å². The van der Waals surface area contributed by atoms with Crippen LogP contribution in [0.4, 0.5) is 5.69 Å². The minimum Gasteiger partial charge on any atom is -0.495 e. The number of methoxy groups -OCH3 is 1. The average molecular weight is 377 g/mol. The Morgan fingerprint density at radius 3 is 2.70 bits per heavy atom. The predicted molar refractivity (Wildman–Crippen MR) is 83.5 cm³/mol. The standard InChI is InChI=1S/C12H13BrN2O3S2/c1-18-10-6-8(14)2-4-11(10)20(16,17)15-7-9-3-5-12(13)19-9/h2-6,15H,7,14H2,1H3. The number of thiophene rings is 1. The van der Waals surface area contributed by atoms with Gasteiger partial charge < -0.3 is 10.5 Å². The molecule has 1 heterocycles. The van der Waals surface area contributed by atoms with Crippen LogP contribution in [0.15, 0.2) is 39.0 Å². The van der Waals surface area contributed by atoms with E-state index >= 15 is 0 Å². The van der Waals surface area contributed by atoms with E-state index in [1.165, 1.54) is 36.6 Å². The minimum atomic E-state index is -3.65. The van der Waals surface area contributed by atoms with Crippen molar-refractivity contribution in [2.45, 2.75) is 11.4 Å². The van der Waals surface area contributed by atoms with Gasteiger partial charge in [-0.05, 0) is 40.2 Å². The van der Waals surface area contributed by atoms with E-state index in [1.807, 2.05) is 12.1 Å². The van der Waals surface area contributed by atoms with Gasteiger partial charge in [0, 0.05) is 23.2 Å². The van der Waals surface area contributed by atoms with E-state index in [-0.39, 0.29) is 17.2 Å². The van der Waals surface area contributed by atoms with Gasteiger partial charge in [-0.1, -0.05) is 0 Å². The van der Waals surface area contributed by atoms with Gasteiger partial charge in [0.1, 0.15) is 10.6 Å². The maximum absolute atomic E-state index is 12.3. The molecule has 2 aromatic rings. The maximum Gasteiger partial charge on any atom is 0.244 e. The summed E-state index contributed by atoms with van der Waals surface area (Å²) in [6.45, 7) is 0.228. The highest BCUT2D eigenvalue weighted by Crippen LogP contribution is 2.27. The molecule has 0 saturated carbocycles. The molecule has 0 aliphatic carbocycles. The molecule has 8 heteroatoms. The first-order valence-corrected chi connectivity index (χ1v) is 8.69. The Kier molecular flexibility index (Phi) is 4.69. The minimum absolute atomic E-state index is 0.0739. The first-order chi connectivity index (χ1) is 9.42. The molecule has 2 rings (SSSR count). The zero-order valence-corrected chi connectivity index (χ0v) is 13.8. The maximum atomic E-state index is 12.3. The Balaban J connectivity index is 2.22. The molecule has 0 saturated heterocycles. The third kappa shape index (κ3) is 3.51. The van der Waals surface area contributed by atoms with Crippen molar-refractivity contribution in [2.75, 3.05) is 12.8 Å². The molecule has 108 valence electrons. The second kappa shape index (κ2) is 6.13. The molecule has 0 amide bonds. The van der Waals surface area contributed by atoms with Gasteiger partial charge in [-0.25, -0.2) is 13.1 Å². The number of halogens is 1. The summed E-state index contributed by atoms with van der Waals surface area (Å²) in [6, 6.07) is 8.17. The van der Waals surface area contributed by atoms with Crippen LogP contribution in [-0.2, 0) is 16.6 Å². The molecule has 0 fully saturated rings. The molecule has 20 heavy (non-hydrogen) atoms. The molecule has 0 atom stereocenters. The van der Waals surface area contributed by atoms with Gasteiger partial charge in [0.05, 0.1) is 10.9 Å². The third-order valence-corrected chi connectivity index (χ3v) is 5.61. The van der Waals surface area contributed by atoms with E-state index < -0.39 is 10.0 Å². The van der Waals surface area contributed by atoms with Crippen LogP contribution in [0, 0.1) is 0 Å². The number of ether oxygens (including phenoxy) is 1. The average Bonchev–Trinajstić information content (AvgIpc) is 2.82. The Morgan fingerprint density at radius 1 is 1.35 bits per heavy atom. The first-order valence-electron chi connectivity index (χ1n) is 5.60. The van der Waals surface area contributed by atoms with Crippen molar-refractivity contribution in [3.63, 3.8) is 0 Å². The van der Waals surface area contributed by atoms with Gasteiger partial charge in [-0.2, -0.15) is 0 Å². The lowest BCUT2D eigenvalue weighted by Crippen LogP contribution is -2.23. The van der Waals surface area contributed by atoms with Crippen LogP contribution in [-0.4, -0.2) is 15.5 Å². The van der Waals surface area contributed by atoms with Crippen LogP contribution in [0.3, 0.4) is 0 Å². The second-order valence-electron chi connectivity index (χ2n) is 3.94. The lowest BCUT2D eigenvalue weighted by atomic mass is 10.3. The summed E-state index contributed by atoms with van der Waals surface area (Å²) in [6.07, 6.45) is 0. The SMILES string of the molecule is COc1cc(N)ccc1S(=O)(=O)NCc1ccc(Br)s1. The fourth-order valence-corrected chi connectivity index (χ4v) is 4.27. The summed E-state index contributed by atoms with van der Waals surface area (Å²) in [4.78, 5) is 0.986. The molecule has 0 bridgehead atoms. The van der Waals surface area contributed by atoms with Crippen LogP contribution in [0.5, 0.6) is 5.75 Å². The number of nitrogens with one attached hydrogen (secondary N) is 1. The number of hydrogen-bond donors (Lipinski definition) is 2. The molecule has 1 aromatic carbocycles. The molecule has 0 aliphatic rings. The Bertz CT molecular complexity index is 713. The van der Waals surface area contributed by atoms with Crippen LogP contribution >= 0.6 is 27.3 Å². The number of sulfonamides is 1. The van der Waals surface area contributed by atoms with Gasteiger partial charge in [0.25, 0.3) is 0 Å². The number of nitrogens with two attached hydrogens (primary N) is 1. The molecular weight excluding hydrogens is 364 g/mol.